The Bertz CT molecular complexity index is 563. The molecule has 0 saturated heterocycles. The van der Waals surface area contributed by atoms with Crippen LogP contribution < -0.4 is 5.32 Å². The Kier molecular flexibility index (Phi) is 5.31. The molecule has 0 bridgehead atoms. The van der Waals surface area contributed by atoms with E-state index in [0.717, 1.165) is 22.9 Å². The molecule has 19 heavy (non-hydrogen) atoms. The van der Waals surface area contributed by atoms with Gasteiger partial charge in [-0.1, -0.05) is 48.0 Å². The van der Waals surface area contributed by atoms with Crippen molar-refractivity contribution in [3.05, 3.63) is 40.5 Å². The Hall–Kier alpha value is -0.970. The first-order valence-corrected chi connectivity index (χ1v) is 7.46. The van der Waals surface area contributed by atoms with Crippen LogP contribution in [-0.2, 0) is 0 Å². The van der Waals surface area contributed by atoms with Gasteiger partial charge in [0.05, 0.1) is 11.2 Å². The molecule has 0 saturated carbocycles. The van der Waals surface area contributed by atoms with Crippen molar-refractivity contribution >= 4 is 40.9 Å². The van der Waals surface area contributed by atoms with Crippen LogP contribution in [0.1, 0.15) is 13.3 Å². The summed E-state index contributed by atoms with van der Waals surface area (Å²) in [5.41, 5.74) is 0. The lowest BCUT2D eigenvalue weighted by molar-refractivity contribution is 0.935. The van der Waals surface area contributed by atoms with Crippen molar-refractivity contribution < 1.29 is 0 Å². The highest BCUT2D eigenvalue weighted by Gasteiger charge is 2.07. The summed E-state index contributed by atoms with van der Waals surface area (Å²) >= 11 is 13.5. The van der Waals surface area contributed by atoms with Crippen molar-refractivity contribution in [2.45, 2.75) is 23.3 Å². The SMILES string of the molecule is CCCNc1ncc(Cl)c(Sc2cccc(Cl)c2)n1. The molecule has 0 atom stereocenters. The summed E-state index contributed by atoms with van der Waals surface area (Å²) < 4.78 is 0. The molecule has 0 amide bonds. The molecule has 0 unspecified atom stereocenters. The van der Waals surface area contributed by atoms with Crippen molar-refractivity contribution in [1.29, 1.82) is 0 Å². The van der Waals surface area contributed by atoms with E-state index in [1.165, 1.54) is 11.8 Å². The van der Waals surface area contributed by atoms with Gasteiger partial charge in [-0.2, -0.15) is 0 Å². The van der Waals surface area contributed by atoms with Crippen LogP contribution in [0.25, 0.3) is 0 Å². The van der Waals surface area contributed by atoms with Crippen molar-refractivity contribution in [3.8, 4) is 0 Å². The Morgan fingerprint density at radius 2 is 2.16 bits per heavy atom. The van der Waals surface area contributed by atoms with Gasteiger partial charge in [0, 0.05) is 16.5 Å². The Morgan fingerprint density at radius 3 is 2.89 bits per heavy atom. The predicted molar refractivity (Wildman–Crippen MR) is 81.4 cm³/mol. The number of nitrogens with zero attached hydrogens (tertiary/aromatic N) is 2. The minimum Gasteiger partial charge on any atom is -0.354 e. The predicted octanol–water partition coefficient (Wildman–Crippen LogP) is 4.76. The number of hydrogen-bond donors (Lipinski definition) is 1. The molecule has 0 aliphatic heterocycles. The molecule has 2 rings (SSSR count). The quantitative estimate of drug-likeness (QED) is 0.808. The number of nitrogens with one attached hydrogen (secondary N) is 1. The van der Waals surface area contributed by atoms with E-state index in [1.54, 1.807) is 6.20 Å². The zero-order valence-electron chi connectivity index (χ0n) is 10.4. The molecule has 100 valence electrons. The first-order valence-electron chi connectivity index (χ1n) is 5.89. The number of rotatable bonds is 5. The van der Waals surface area contributed by atoms with Crippen LogP contribution in [0.15, 0.2) is 40.4 Å². The lowest BCUT2D eigenvalue weighted by atomic mass is 10.4. The third-order valence-corrected chi connectivity index (χ3v) is 3.87. The molecule has 1 heterocycles. The summed E-state index contributed by atoms with van der Waals surface area (Å²) in [5, 5.41) is 5.09. The number of aromatic nitrogens is 2. The van der Waals surface area contributed by atoms with Crippen LogP contribution >= 0.6 is 35.0 Å². The van der Waals surface area contributed by atoms with Crippen LogP contribution in [0.3, 0.4) is 0 Å². The van der Waals surface area contributed by atoms with Crippen LogP contribution in [0.5, 0.6) is 0 Å². The minimum atomic E-state index is 0.534. The average Bonchev–Trinajstić information content (AvgIpc) is 2.40. The van der Waals surface area contributed by atoms with Gasteiger partial charge < -0.3 is 5.32 Å². The van der Waals surface area contributed by atoms with E-state index < -0.39 is 0 Å². The lowest BCUT2D eigenvalue weighted by Gasteiger charge is -2.07. The monoisotopic (exact) mass is 313 g/mol. The summed E-state index contributed by atoms with van der Waals surface area (Å²) in [6.45, 7) is 2.92. The summed E-state index contributed by atoms with van der Waals surface area (Å²) in [6.07, 6.45) is 2.63. The van der Waals surface area contributed by atoms with Gasteiger partial charge in [-0.05, 0) is 24.6 Å². The third kappa shape index (κ3) is 4.27. The Morgan fingerprint density at radius 1 is 1.32 bits per heavy atom. The molecule has 0 radical (unpaired) electrons. The normalized spacial score (nSPS) is 10.5. The smallest absolute Gasteiger partial charge is 0.223 e. The van der Waals surface area contributed by atoms with E-state index in [4.69, 9.17) is 23.2 Å². The third-order valence-electron chi connectivity index (χ3n) is 2.26. The van der Waals surface area contributed by atoms with Gasteiger partial charge in [0.1, 0.15) is 5.03 Å². The molecular formula is C13H13Cl2N3S. The highest BCUT2D eigenvalue weighted by Crippen LogP contribution is 2.32. The molecule has 0 fully saturated rings. The minimum absolute atomic E-state index is 0.534. The standard InChI is InChI=1S/C13H13Cl2N3S/c1-2-6-16-13-17-8-11(15)12(18-13)19-10-5-3-4-9(14)7-10/h3-5,7-8H,2,6H2,1H3,(H,16,17,18). The largest absolute Gasteiger partial charge is 0.354 e. The molecule has 1 aromatic carbocycles. The van der Waals surface area contributed by atoms with E-state index in [1.807, 2.05) is 24.3 Å². The highest BCUT2D eigenvalue weighted by molar-refractivity contribution is 7.99. The average molecular weight is 314 g/mol. The summed E-state index contributed by atoms with van der Waals surface area (Å²) in [6, 6.07) is 7.58. The fourth-order valence-corrected chi connectivity index (χ4v) is 2.69. The fraction of sp³-hybridized carbons (Fsp3) is 0.231. The number of benzene rings is 1. The maximum atomic E-state index is 6.11. The van der Waals surface area contributed by atoms with Crippen molar-refractivity contribution in [3.63, 3.8) is 0 Å². The van der Waals surface area contributed by atoms with Gasteiger partial charge in [-0.15, -0.1) is 0 Å². The second kappa shape index (κ2) is 6.98. The van der Waals surface area contributed by atoms with E-state index in [9.17, 15) is 0 Å². The lowest BCUT2D eigenvalue weighted by Crippen LogP contribution is -2.04. The second-order valence-corrected chi connectivity index (χ2v) is 5.74. The van der Waals surface area contributed by atoms with Gasteiger partial charge in [0.2, 0.25) is 5.95 Å². The van der Waals surface area contributed by atoms with Crippen LogP contribution in [0.2, 0.25) is 10.0 Å². The maximum absolute atomic E-state index is 6.11. The topological polar surface area (TPSA) is 37.8 Å². The van der Waals surface area contributed by atoms with Gasteiger partial charge in [-0.3, -0.25) is 0 Å². The van der Waals surface area contributed by atoms with Crippen molar-refractivity contribution in [2.75, 3.05) is 11.9 Å². The van der Waals surface area contributed by atoms with E-state index in [2.05, 4.69) is 22.2 Å². The molecule has 3 nitrogen and oxygen atoms in total. The molecule has 2 aromatic rings. The highest BCUT2D eigenvalue weighted by atomic mass is 35.5. The number of anilines is 1. The second-order valence-electron chi connectivity index (χ2n) is 3.83. The van der Waals surface area contributed by atoms with E-state index in [-0.39, 0.29) is 0 Å². The molecular weight excluding hydrogens is 301 g/mol. The molecule has 0 aliphatic carbocycles. The van der Waals surface area contributed by atoms with Crippen molar-refractivity contribution in [2.24, 2.45) is 0 Å². The van der Waals surface area contributed by atoms with Gasteiger partial charge >= 0.3 is 0 Å². The fourth-order valence-electron chi connectivity index (χ4n) is 1.39. The van der Waals surface area contributed by atoms with Crippen LogP contribution in [0, 0.1) is 0 Å². The number of halogens is 2. The molecule has 6 heteroatoms. The zero-order chi connectivity index (χ0) is 13.7. The summed E-state index contributed by atoms with van der Waals surface area (Å²) in [4.78, 5) is 9.54. The van der Waals surface area contributed by atoms with Gasteiger partial charge in [0.25, 0.3) is 0 Å². The van der Waals surface area contributed by atoms with Gasteiger partial charge in [0.15, 0.2) is 0 Å². The molecule has 0 spiro atoms. The Labute approximate surface area is 126 Å². The molecule has 0 aliphatic rings. The maximum Gasteiger partial charge on any atom is 0.223 e. The van der Waals surface area contributed by atoms with Crippen LogP contribution in [-0.4, -0.2) is 16.5 Å². The summed E-state index contributed by atoms with van der Waals surface area (Å²) in [7, 11) is 0. The zero-order valence-corrected chi connectivity index (χ0v) is 12.7. The first-order chi connectivity index (χ1) is 9.19. The summed E-state index contributed by atoms with van der Waals surface area (Å²) in [5.74, 6) is 0.593. The van der Waals surface area contributed by atoms with E-state index in [0.29, 0.717) is 16.0 Å². The first kappa shape index (κ1) is 14.4. The Balaban J connectivity index is 2.19. The van der Waals surface area contributed by atoms with Crippen molar-refractivity contribution in [1.82, 2.24) is 9.97 Å². The van der Waals surface area contributed by atoms with Crippen LogP contribution in [0.4, 0.5) is 5.95 Å². The molecule has 1 N–H and O–H groups in total. The molecule has 1 aromatic heterocycles. The van der Waals surface area contributed by atoms with E-state index >= 15 is 0 Å². The van der Waals surface area contributed by atoms with Gasteiger partial charge in [-0.25, -0.2) is 9.97 Å². The number of hydrogen-bond acceptors (Lipinski definition) is 4.